The van der Waals surface area contributed by atoms with Gasteiger partial charge in [-0.3, -0.25) is 0 Å². The number of aliphatic hydroxyl groups is 2. The van der Waals surface area contributed by atoms with Gasteiger partial charge in [-0.1, -0.05) is 6.07 Å². The highest BCUT2D eigenvalue weighted by Gasteiger charge is 1.96. The van der Waals surface area contributed by atoms with Crippen molar-refractivity contribution in [3.63, 3.8) is 0 Å². The molecule has 0 bridgehead atoms. The molecule has 2 aromatic carbocycles. The van der Waals surface area contributed by atoms with Crippen molar-refractivity contribution in [2.24, 2.45) is 0 Å². The molecule has 6 nitrogen and oxygen atoms in total. The van der Waals surface area contributed by atoms with Gasteiger partial charge in [0.2, 0.25) is 0 Å². The first-order chi connectivity index (χ1) is 10.7. The lowest BCUT2D eigenvalue weighted by Gasteiger charge is -2.07. The van der Waals surface area contributed by atoms with E-state index in [-0.39, 0.29) is 37.9 Å². The molecule has 2 rings (SSSR count). The molecule has 0 aliphatic carbocycles. The molecule has 0 aromatic heterocycles. The summed E-state index contributed by atoms with van der Waals surface area (Å²) >= 11 is 0. The number of aromatic hydroxyl groups is 2. The van der Waals surface area contributed by atoms with E-state index in [4.69, 9.17) is 29.9 Å². The summed E-state index contributed by atoms with van der Waals surface area (Å²) in [6.07, 6.45) is 0. The van der Waals surface area contributed by atoms with Crippen LogP contribution in [-0.4, -0.2) is 46.9 Å². The van der Waals surface area contributed by atoms with Crippen LogP contribution in [0.2, 0.25) is 0 Å². The first-order valence-electron chi connectivity index (χ1n) is 6.71. The van der Waals surface area contributed by atoms with Crippen molar-refractivity contribution in [2.75, 3.05) is 26.4 Å². The topological polar surface area (TPSA) is 99.4 Å². The largest absolute Gasteiger partial charge is 0.508 e. The van der Waals surface area contributed by atoms with E-state index in [1.54, 1.807) is 24.3 Å². The van der Waals surface area contributed by atoms with Gasteiger partial charge in [-0.25, -0.2) is 0 Å². The predicted octanol–water partition coefficient (Wildman–Crippen LogP) is 1.53. The normalized spacial score (nSPS) is 9.55. The van der Waals surface area contributed by atoms with E-state index in [2.05, 4.69) is 0 Å². The molecule has 0 saturated carbocycles. The summed E-state index contributed by atoms with van der Waals surface area (Å²) in [4.78, 5) is 0. The van der Waals surface area contributed by atoms with Crippen LogP contribution in [0.25, 0.3) is 0 Å². The van der Waals surface area contributed by atoms with Gasteiger partial charge in [-0.05, 0) is 36.4 Å². The van der Waals surface area contributed by atoms with Crippen LogP contribution in [0.15, 0.2) is 48.5 Å². The van der Waals surface area contributed by atoms with E-state index >= 15 is 0 Å². The Balaban J connectivity index is 0.000000255. The van der Waals surface area contributed by atoms with Gasteiger partial charge in [0.05, 0.1) is 13.2 Å². The number of aliphatic hydroxyl groups excluding tert-OH is 2. The van der Waals surface area contributed by atoms with E-state index in [9.17, 15) is 0 Å². The molecule has 0 amide bonds. The molecule has 0 radical (unpaired) electrons. The van der Waals surface area contributed by atoms with Crippen molar-refractivity contribution in [2.45, 2.75) is 0 Å². The number of phenolic OH excluding ortho intramolecular Hbond substituents is 2. The third-order valence-corrected chi connectivity index (χ3v) is 2.38. The van der Waals surface area contributed by atoms with Crippen molar-refractivity contribution in [1.29, 1.82) is 0 Å². The molecule has 0 spiro atoms. The fourth-order valence-electron chi connectivity index (χ4n) is 1.43. The Bertz CT molecular complexity index is 482. The average molecular weight is 308 g/mol. The summed E-state index contributed by atoms with van der Waals surface area (Å²) in [5.74, 6) is 1.63. The van der Waals surface area contributed by atoms with E-state index in [1.165, 1.54) is 24.3 Å². The highest BCUT2D eigenvalue weighted by Crippen LogP contribution is 2.19. The summed E-state index contributed by atoms with van der Waals surface area (Å²) in [5.41, 5.74) is 0. The van der Waals surface area contributed by atoms with Gasteiger partial charge in [-0.2, -0.15) is 0 Å². The van der Waals surface area contributed by atoms with Crippen molar-refractivity contribution in [3.8, 4) is 23.0 Å². The molecule has 0 atom stereocenters. The molecular formula is C16H20O6. The molecular weight excluding hydrogens is 288 g/mol. The maximum absolute atomic E-state index is 8.65. The minimum atomic E-state index is -0.0122. The lowest BCUT2D eigenvalue weighted by Crippen LogP contribution is -2.03. The number of rotatable bonds is 6. The number of benzene rings is 2. The molecule has 0 aliphatic rings. The maximum atomic E-state index is 8.65. The van der Waals surface area contributed by atoms with Gasteiger partial charge in [-0.15, -0.1) is 0 Å². The first kappa shape index (κ1) is 17.6. The molecule has 0 fully saturated rings. The van der Waals surface area contributed by atoms with Gasteiger partial charge in [0.15, 0.2) is 0 Å². The minimum absolute atomic E-state index is 0.0122. The van der Waals surface area contributed by atoms with E-state index in [0.717, 1.165) is 0 Å². The van der Waals surface area contributed by atoms with Gasteiger partial charge in [0.1, 0.15) is 36.2 Å². The Hall–Kier alpha value is -2.44. The van der Waals surface area contributed by atoms with Crippen molar-refractivity contribution in [3.05, 3.63) is 48.5 Å². The maximum Gasteiger partial charge on any atom is 0.123 e. The van der Waals surface area contributed by atoms with Crippen LogP contribution in [0.5, 0.6) is 23.0 Å². The zero-order valence-electron chi connectivity index (χ0n) is 12.1. The smallest absolute Gasteiger partial charge is 0.123 e. The van der Waals surface area contributed by atoms with E-state index in [1.807, 2.05) is 0 Å². The van der Waals surface area contributed by atoms with Crippen LogP contribution in [0.3, 0.4) is 0 Å². The van der Waals surface area contributed by atoms with Crippen LogP contribution < -0.4 is 9.47 Å². The quantitative estimate of drug-likeness (QED) is 0.604. The molecule has 0 heterocycles. The standard InChI is InChI=1S/C10H14O4.C6H6O2/c11-4-6-13-9-2-1-3-10(8-9)14-7-5-12;7-5-1-2-6(8)4-3-5/h1-3,8,11-12H,4-7H2;1-4,7-8H. The number of ether oxygens (including phenoxy) is 2. The Morgan fingerprint density at radius 2 is 1.09 bits per heavy atom. The van der Waals surface area contributed by atoms with Gasteiger partial charge in [0, 0.05) is 6.07 Å². The van der Waals surface area contributed by atoms with Crippen LogP contribution in [0.1, 0.15) is 0 Å². The fraction of sp³-hybridized carbons (Fsp3) is 0.250. The van der Waals surface area contributed by atoms with Gasteiger partial charge in [0.25, 0.3) is 0 Å². The predicted molar refractivity (Wildman–Crippen MR) is 81.4 cm³/mol. The van der Waals surface area contributed by atoms with Gasteiger partial charge >= 0.3 is 0 Å². The zero-order chi connectivity index (χ0) is 16.2. The van der Waals surface area contributed by atoms with Crippen molar-refractivity contribution in [1.82, 2.24) is 0 Å². The molecule has 2 aromatic rings. The highest BCUT2D eigenvalue weighted by molar-refractivity contribution is 5.32. The van der Waals surface area contributed by atoms with Crippen LogP contribution >= 0.6 is 0 Å². The third-order valence-electron chi connectivity index (χ3n) is 2.38. The molecule has 4 N–H and O–H groups in total. The molecule has 0 saturated heterocycles. The molecule has 120 valence electrons. The van der Waals surface area contributed by atoms with Crippen LogP contribution in [0.4, 0.5) is 0 Å². The Morgan fingerprint density at radius 3 is 1.45 bits per heavy atom. The van der Waals surface area contributed by atoms with E-state index in [0.29, 0.717) is 11.5 Å². The molecule has 22 heavy (non-hydrogen) atoms. The summed E-state index contributed by atoms with van der Waals surface area (Å²) in [7, 11) is 0. The Morgan fingerprint density at radius 1 is 0.682 bits per heavy atom. The van der Waals surface area contributed by atoms with Gasteiger partial charge < -0.3 is 29.9 Å². The lowest BCUT2D eigenvalue weighted by molar-refractivity contribution is 0.194. The zero-order valence-corrected chi connectivity index (χ0v) is 12.1. The number of phenols is 2. The summed E-state index contributed by atoms with van der Waals surface area (Å²) in [5, 5.41) is 34.4. The molecule has 0 aliphatic heterocycles. The van der Waals surface area contributed by atoms with Crippen molar-refractivity contribution >= 4 is 0 Å². The fourth-order valence-corrected chi connectivity index (χ4v) is 1.43. The Kier molecular flexibility index (Phi) is 8.25. The van der Waals surface area contributed by atoms with Crippen LogP contribution in [0, 0.1) is 0 Å². The second-order valence-electron chi connectivity index (χ2n) is 4.14. The molecule has 6 heteroatoms. The SMILES string of the molecule is OCCOc1cccc(OCCO)c1.Oc1ccc(O)cc1. The second-order valence-corrected chi connectivity index (χ2v) is 4.14. The average Bonchev–Trinajstić information content (AvgIpc) is 2.55. The lowest BCUT2D eigenvalue weighted by atomic mass is 10.3. The number of hydrogen-bond donors (Lipinski definition) is 4. The van der Waals surface area contributed by atoms with Crippen molar-refractivity contribution < 1.29 is 29.9 Å². The Labute approximate surface area is 128 Å². The number of hydrogen-bond acceptors (Lipinski definition) is 6. The second kappa shape index (κ2) is 10.3. The first-order valence-corrected chi connectivity index (χ1v) is 6.71. The summed E-state index contributed by atoms with van der Waals surface area (Å²) in [6, 6.07) is 12.8. The highest BCUT2D eigenvalue weighted by atomic mass is 16.5. The summed E-state index contributed by atoms with van der Waals surface area (Å²) in [6.45, 7) is 0.510. The minimum Gasteiger partial charge on any atom is -0.508 e. The third kappa shape index (κ3) is 7.37. The van der Waals surface area contributed by atoms with Crippen LogP contribution in [-0.2, 0) is 0 Å². The molecule has 0 unspecified atom stereocenters. The monoisotopic (exact) mass is 308 g/mol. The summed E-state index contributed by atoms with van der Waals surface area (Å²) < 4.78 is 10.4. The van der Waals surface area contributed by atoms with E-state index < -0.39 is 0 Å².